The largest absolute Gasteiger partial charge is 0.249 e. The van der Waals surface area contributed by atoms with Gasteiger partial charge in [-0.2, -0.15) is 0 Å². The van der Waals surface area contributed by atoms with Crippen LogP contribution in [0.1, 0.15) is 16.7 Å². The summed E-state index contributed by atoms with van der Waals surface area (Å²) < 4.78 is 0. The summed E-state index contributed by atoms with van der Waals surface area (Å²) in [6.45, 7) is 6.63. The molecule has 0 radical (unpaired) electrons. The van der Waals surface area contributed by atoms with Gasteiger partial charge in [0.25, 0.3) is 0 Å². The number of aryl methyl sites for hydroxylation is 3. The molecule has 0 aliphatic carbocycles. The molecule has 0 heterocycles. The van der Waals surface area contributed by atoms with Crippen LogP contribution in [-0.2, 0) is 0 Å². The first-order valence-electron chi connectivity index (χ1n) is 14.2. The zero-order valence-corrected chi connectivity index (χ0v) is 25.5. The highest BCUT2D eigenvalue weighted by atomic mass is 35.6. The number of hydrogen-bond donors (Lipinski definition) is 0. The van der Waals surface area contributed by atoms with Gasteiger partial charge >= 0.3 is 0 Å². The van der Waals surface area contributed by atoms with E-state index in [0.29, 0.717) is 0 Å². The summed E-state index contributed by atoms with van der Waals surface area (Å²) in [6.07, 6.45) is 0. The standard InChI is InChI=1S/C39H33ClSi/c1-28-16-13-25-34(37(28)31-19-7-4-8-20-31)41(40,35-26-14-17-29(2)38(35)32-21-9-5-10-22-32)36-27-15-18-30(3)39(36)33-23-11-6-12-24-33/h4-27H,1-3H3. The van der Waals surface area contributed by atoms with E-state index >= 15 is 0 Å². The summed E-state index contributed by atoms with van der Waals surface area (Å²) in [6, 6.07) is 52.2. The Labute approximate surface area is 249 Å². The average molecular weight is 565 g/mol. The van der Waals surface area contributed by atoms with Gasteiger partial charge in [-0.15, -0.1) is 11.1 Å². The number of hydrogen-bond acceptors (Lipinski definition) is 0. The third-order valence-electron chi connectivity index (χ3n) is 8.12. The maximum absolute atomic E-state index is 8.54. The Kier molecular flexibility index (Phi) is 7.49. The SMILES string of the molecule is Cc1cccc([Si](Cl)(c2cccc(C)c2-c2ccccc2)c2cccc(C)c2-c2ccccc2)c1-c1ccccc1. The van der Waals surface area contributed by atoms with Gasteiger partial charge in [0.05, 0.1) is 0 Å². The zero-order valence-electron chi connectivity index (χ0n) is 23.7. The summed E-state index contributed by atoms with van der Waals surface area (Å²) in [5, 5.41) is 3.66. The summed E-state index contributed by atoms with van der Waals surface area (Å²) in [7, 11) is -3.18. The Bertz CT molecular complexity index is 1590. The molecule has 0 saturated carbocycles. The van der Waals surface area contributed by atoms with Crippen LogP contribution in [0.25, 0.3) is 33.4 Å². The molecule has 0 atom stereocenters. The summed E-state index contributed by atoms with van der Waals surface area (Å²) in [5.41, 5.74) is 11.0. The van der Waals surface area contributed by atoms with Crippen LogP contribution >= 0.6 is 11.1 Å². The minimum atomic E-state index is -3.18. The highest BCUT2D eigenvalue weighted by molar-refractivity contribution is 7.41. The van der Waals surface area contributed by atoms with Gasteiger partial charge in [-0.1, -0.05) is 146 Å². The molecule has 200 valence electrons. The topological polar surface area (TPSA) is 0 Å². The smallest absolute Gasteiger partial charge is 0.149 e. The molecule has 0 fully saturated rings. The van der Waals surface area contributed by atoms with Crippen LogP contribution in [-0.4, -0.2) is 7.38 Å². The first-order valence-corrected chi connectivity index (χ1v) is 17.2. The van der Waals surface area contributed by atoms with E-state index in [1.54, 1.807) is 0 Å². The van der Waals surface area contributed by atoms with Crippen LogP contribution < -0.4 is 15.6 Å². The molecule has 0 N–H and O–H groups in total. The highest BCUT2D eigenvalue weighted by Crippen LogP contribution is 2.33. The van der Waals surface area contributed by atoms with Crippen molar-refractivity contribution in [3.05, 3.63) is 162 Å². The van der Waals surface area contributed by atoms with Crippen molar-refractivity contribution in [3.63, 3.8) is 0 Å². The lowest BCUT2D eigenvalue weighted by Gasteiger charge is -2.34. The van der Waals surface area contributed by atoms with Gasteiger partial charge in [0.15, 0.2) is 0 Å². The molecule has 6 aromatic carbocycles. The van der Waals surface area contributed by atoms with E-state index < -0.39 is 7.38 Å². The molecular weight excluding hydrogens is 532 g/mol. The third-order valence-corrected chi connectivity index (χ3v) is 13.4. The molecule has 0 aliphatic rings. The summed E-state index contributed by atoms with van der Waals surface area (Å²) >= 11 is 8.54. The number of rotatable bonds is 6. The first kappa shape index (κ1) is 27.0. The molecule has 0 aliphatic heterocycles. The van der Waals surface area contributed by atoms with E-state index in [1.807, 2.05) is 0 Å². The lowest BCUT2D eigenvalue weighted by molar-refractivity contribution is 1.46. The molecule has 0 unspecified atom stereocenters. The normalized spacial score (nSPS) is 11.4. The van der Waals surface area contributed by atoms with Gasteiger partial charge in [0, 0.05) is 0 Å². The Morgan fingerprint density at radius 1 is 0.341 bits per heavy atom. The molecule has 6 aromatic rings. The van der Waals surface area contributed by atoms with Crippen molar-refractivity contribution in [3.8, 4) is 33.4 Å². The monoisotopic (exact) mass is 564 g/mol. The molecule has 0 nitrogen and oxygen atoms in total. The number of halogens is 1. The fraction of sp³-hybridized carbons (Fsp3) is 0.0769. The van der Waals surface area contributed by atoms with Crippen molar-refractivity contribution >= 4 is 34.0 Å². The second-order valence-electron chi connectivity index (χ2n) is 10.7. The zero-order chi connectivity index (χ0) is 28.4. The molecule has 6 rings (SSSR count). The minimum Gasteiger partial charge on any atom is -0.149 e. The fourth-order valence-electron chi connectivity index (χ4n) is 6.26. The molecule has 0 aromatic heterocycles. The van der Waals surface area contributed by atoms with Crippen molar-refractivity contribution < 1.29 is 0 Å². The molecule has 0 bridgehead atoms. The van der Waals surface area contributed by atoms with E-state index in [4.69, 9.17) is 11.1 Å². The van der Waals surface area contributed by atoms with Gasteiger partial charge in [-0.3, -0.25) is 0 Å². The summed E-state index contributed by atoms with van der Waals surface area (Å²) in [4.78, 5) is 0. The van der Waals surface area contributed by atoms with Gasteiger partial charge in [0.2, 0.25) is 7.38 Å². The minimum absolute atomic E-state index is 1.20. The second kappa shape index (κ2) is 11.4. The quantitative estimate of drug-likeness (QED) is 0.108. The van der Waals surface area contributed by atoms with Crippen molar-refractivity contribution in [1.82, 2.24) is 0 Å². The highest BCUT2D eigenvalue weighted by Gasteiger charge is 2.44. The van der Waals surface area contributed by atoms with Crippen LogP contribution in [0.5, 0.6) is 0 Å². The molecule has 2 heteroatoms. The van der Waals surface area contributed by atoms with Crippen molar-refractivity contribution in [2.75, 3.05) is 0 Å². The molecule has 0 spiro atoms. The van der Waals surface area contributed by atoms with E-state index in [2.05, 4.69) is 166 Å². The van der Waals surface area contributed by atoms with Gasteiger partial charge in [-0.05, 0) is 86.4 Å². The maximum atomic E-state index is 8.54. The second-order valence-corrected chi connectivity index (χ2v) is 15.4. The number of benzene rings is 6. The van der Waals surface area contributed by atoms with E-state index in [1.165, 1.54) is 65.6 Å². The Hall–Kier alpha value is -4.17. The molecule has 0 saturated heterocycles. The van der Waals surface area contributed by atoms with E-state index in [0.717, 1.165) is 0 Å². The molecule has 41 heavy (non-hydrogen) atoms. The average Bonchev–Trinajstić information content (AvgIpc) is 3.01. The van der Waals surface area contributed by atoms with Crippen LogP contribution in [0.4, 0.5) is 0 Å². The first-order chi connectivity index (χ1) is 20.0. The Morgan fingerprint density at radius 2 is 0.610 bits per heavy atom. The lowest BCUT2D eigenvalue weighted by Crippen LogP contribution is -2.64. The van der Waals surface area contributed by atoms with E-state index in [9.17, 15) is 0 Å². The van der Waals surface area contributed by atoms with Crippen molar-refractivity contribution in [1.29, 1.82) is 0 Å². The maximum Gasteiger partial charge on any atom is 0.249 e. The summed E-state index contributed by atoms with van der Waals surface area (Å²) in [5.74, 6) is 0. The van der Waals surface area contributed by atoms with Crippen LogP contribution in [0.3, 0.4) is 0 Å². The van der Waals surface area contributed by atoms with Gasteiger partial charge in [-0.25, -0.2) is 0 Å². The molecular formula is C39H33ClSi. The Morgan fingerprint density at radius 3 is 0.878 bits per heavy atom. The van der Waals surface area contributed by atoms with Crippen LogP contribution in [0, 0.1) is 20.8 Å². The predicted molar refractivity (Wildman–Crippen MR) is 180 cm³/mol. The van der Waals surface area contributed by atoms with E-state index in [-0.39, 0.29) is 0 Å². The molecule has 0 amide bonds. The predicted octanol–water partition coefficient (Wildman–Crippen LogP) is 8.82. The van der Waals surface area contributed by atoms with Gasteiger partial charge < -0.3 is 0 Å². The van der Waals surface area contributed by atoms with Crippen LogP contribution in [0.15, 0.2) is 146 Å². The third kappa shape index (κ3) is 4.86. The Balaban J connectivity index is 1.79. The van der Waals surface area contributed by atoms with Crippen molar-refractivity contribution in [2.24, 2.45) is 0 Å². The van der Waals surface area contributed by atoms with Gasteiger partial charge in [0.1, 0.15) is 0 Å². The van der Waals surface area contributed by atoms with Crippen molar-refractivity contribution in [2.45, 2.75) is 20.8 Å². The van der Waals surface area contributed by atoms with Crippen LogP contribution in [0.2, 0.25) is 0 Å². The lowest BCUT2D eigenvalue weighted by atomic mass is 10.00. The fourth-order valence-corrected chi connectivity index (χ4v) is 11.6.